The molecule has 5 heteroatoms. The summed E-state index contributed by atoms with van der Waals surface area (Å²) in [5, 5.41) is 0. The number of aromatic nitrogens is 1. The lowest BCUT2D eigenvalue weighted by Crippen LogP contribution is -2.40. The number of imide groups is 1. The molecule has 2 aliphatic rings. The second-order valence-electron chi connectivity index (χ2n) is 7.52. The van der Waals surface area contributed by atoms with Gasteiger partial charge in [0.1, 0.15) is 5.52 Å². The molecule has 0 N–H and O–H groups in total. The van der Waals surface area contributed by atoms with Crippen molar-refractivity contribution in [3.63, 3.8) is 0 Å². The van der Waals surface area contributed by atoms with E-state index in [0.29, 0.717) is 22.6 Å². The van der Waals surface area contributed by atoms with E-state index in [1.165, 1.54) is 11.3 Å². The van der Waals surface area contributed by atoms with Crippen LogP contribution >= 0.6 is 0 Å². The van der Waals surface area contributed by atoms with Crippen LogP contribution in [0.2, 0.25) is 0 Å². The summed E-state index contributed by atoms with van der Waals surface area (Å²) in [6, 6.07) is 11.2. The van der Waals surface area contributed by atoms with E-state index in [2.05, 4.69) is 4.98 Å². The Morgan fingerprint density at radius 1 is 0.963 bits per heavy atom. The summed E-state index contributed by atoms with van der Waals surface area (Å²) < 4.78 is 5.88. The van der Waals surface area contributed by atoms with Crippen LogP contribution in [0.4, 0.5) is 0 Å². The van der Waals surface area contributed by atoms with Gasteiger partial charge in [-0.3, -0.25) is 14.5 Å². The molecule has 27 heavy (non-hydrogen) atoms. The minimum Gasteiger partial charge on any atom is -0.436 e. The summed E-state index contributed by atoms with van der Waals surface area (Å²) in [5.41, 5.74) is 4.26. The van der Waals surface area contributed by atoms with Crippen LogP contribution in [0.25, 0.3) is 22.6 Å². The van der Waals surface area contributed by atoms with E-state index in [0.717, 1.165) is 42.3 Å². The molecule has 1 saturated carbocycles. The van der Waals surface area contributed by atoms with E-state index >= 15 is 0 Å². The summed E-state index contributed by atoms with van der Waals surface area (Å²) in [5.74, 6) is 0.118. The fraction of sp³-hybridized carbons (Fsp3) is 0.318. The molecule has 3 aromatic rings. The van der Waals surface area contributed by atoms with Gasteiger partial charge in [-0.15, -0.1) is 0 Å². The smallest absolute Gasteiger partial charge is 0.261 e. The van der Waals surface area contributed by atoms with Crippen molar-refractivity contribution in [3.8, 4) is 11.5 Å². The number of fused-ring (bicyclic) bond motifs is 2. The van der Waals surface area contributed by atoms with E-state index in [4.69, 9.17) is 4.42 Å². The van der Waals surface area contributed by atoms with Crippen LogP contribution in [0.5, 0.6) is 0 Å². The Kier molecular flexibility index (Phi) is 3.64. The molecule has 1 aromatic heterocycles. The molecule has 0 radical (unpaired) electrons. The Hall–Kier alpha value is -2.95. The molecule has 0 atom stereocenters. The van der Waals surface area contributed by atoms with Crippen molar-refractivity contribution in [1.82, 2.24) is 9.88 Å². The number of carbonyl (C=O) groups excluding carboxylic acids is 2. The Morgan fingerprint density at radius 3 is 2.56 bits per heavy atom. The summed E-state index contributed by atoms with van der Waals surface area (Å²) in [4.78, 5) is 31.8. The fourth-order valence-corrected chi connectivity index (χ4v) is 4.22. The molecular formula is C22H20N2O3. The molecule has 0 unspecified atom stereocenters. The van der Waals surface area contributed by atoms with Crippen LogP contribution in [0.3, 0.4) is 0 Å². The molecule has 2 aromatic carbocycles. The maximum absolute atomic E-state index is 13.0. The second-order valence-corrected chi connectivity index (χ2v) is 7.52. The van der Waals surface area contributed by atoms with Gasteiger partial charge in [0, 0.05) is 11.6 Å². The zero-order chi connectivity index (χ0) is 18.5. The Labute approximate surface area is 157 Å². The van der Waals surface area contributed by atoms with Crippen LogP contribution in [-0.2, 0) is 0 Å². The lowest BCUT2D eigenvalue weighted by Gasteiger charge is -2.29. The van der Waals surface area contributed by atoms with Crippen LogP contribution in [-0.4, -0.2) is 27.7 Å². The molecule has 1 aliphatic carbocycles. The lowest BCUT2D eigenvalue weighted by atomic mass is 9.94. The molecular weight excluding hydrogens is 340 g/mol. The summed E-state index contributed by atoms with van der Waals surface area (Å²) in [7, 11) is 0. The monoisotopic (exact) mass is 360 g/mol. The van der Waals surface area contributed by atoms with E-state index in [1.807, 2.05) is 31.2 Å². The Bertz CT molecular complexity index is 1080. The average molecular weight is 360 g/mol. The van der Waals surface area contributed by atoms with Gasteiger partial charge in [0.2, 0.25) is 5.89 Å². The highest BCUT2D eigenvalue weighted by Crippen LogP contribution is 2.34. The third kappa shape index (κ3) is 2.57. The van der Waals surface area contributed by atoms with E-state index in [9.17, 15) is 9.59 Å². The molecule has 5 rings (SSSR count). The summed E-state index contributed by atoms with van der Waals surface area (Å²) in [6.45, 7) is 2.00. The standard InChI is InChI=1S/C22H20N2O3/c1-13-7-10-18-19(11-13)27-20(23-18)14-8-9-16-17(12-14)22(26)24(21(16)25)15-5-3-2-4-6-15/h7-12,15H,2-6H2,1H3. The first-order chi connectivity index (χ1) is 13.1. The molecule has 0 saturated heterocycles. The lowest BCUT2D eigenvalue weighted by molar-refractivity contribution is 0.0549. The minimum absolute atomic E-state index is 0.0295. The van der Waals surface area contributed by atoms with Crippen LogP contribution in [0.1, 0.15) is 58.4 Å². The third-order valence-corrected chi connectivity index (χ3v) is 5.65. The number of carbonyl (C=O) groups is 2. The van der Waals surface area contributed by atoms with Gasteiger partial charge in [-0.1, -0.05) is 25.3 Å². The zero-order valence-electron chi connectivity index (χ0n) is 15.2. The maximum Gasteiger partial charge on any atom is 0.261 e. The maximum atomic E-state index is 13.0. The molecule has 0 bridgehead atoms. The number of amides is 2. The number of hydrogen-bond acceptors (Lipinski definition) is 4. The number of hydrogen-bond donors (Lipinski definition) is 0. The van der Waals surface area contributed by atoms with Crippen molar-refractivity contribution in [3.05, 3.63) is 53.1 Å². The Morgan fingerprint density at radius 2 is 1.74 bits per heavy atom. The van der Waals surface area contributed by atoms with Gasteiger partial charge in [0.25, 0.3) is 11.8 Å². The van der Waals surface area contributed by atoms with Crippen LogP contribution < -0.4 is 0 Å². The quantitative estimate of drug-likeness (QED) is 0.620. The highest BCUT2D eigenvalue weighted by molar-refractivity contribution is 6.22. The van der Waals surface area contributed by atoms with Crippen LogP contribution in [0.15, 0.2) is 40.8 Å². The zero-order valence-corrected chi connectivity index (χ0v) is 15.2. The van der Waals surface area contributed by atoms with E-state index in [1.54, 1.807) is 12.1 Å². The average Bonchev–Trinajstić information content (AvgIpc) is 3.21. The van der Waals surface area contributed by atoms with Crippen molar-refractivity contribution < 1.29 is 14.0 Å². The van der Waals surface area contributed by atoms with Gasteiger partial charge in [0.15, 0.2) is 5.58 Å². The summed E-state index contributed by atoms with van der Waals surface area (Å²) in [6.07, 6.45) is 5.14. The van der Waals surface area contributed by atoms with Gasteiger partial charge in [-0.2, -0.15) is 0 Å². The van der Waals surface area contributed by atoms with Crippen molar-refractivity contribution >= 4 is 22.9 Å². The van der Waals surface area contributed by atoms with E-state index in [-0.39, 0.29) is 17.9 Å². The molecule has 136 valence electrons. The summed E-state index contributed by atoms with van der Waals surface area (Å²) >= 11 is 0. The molecule has 1 aliphatic heterocycles. The first-order valence-electron chi connectivity index (χ1n) is 9.51. The second kappa shape index (κ2) is 6.05. The number of benzene rings is 2. The predicted molar refractivity (Wildman–Crippen MR) is 102 cm³/mol. The van der Waals surface area contributed by atoms with Crippen molar-refractivity contribution in [2.24, 2.45) is 0 Å². The highest BCUT2D eigenvalue weighted by Gasteiger charge is 2.40. The predicted octanol–water partition coefficient (Wildman–Crippen LogP) is 4.73. The third-order valence-electron chi connectivity index (χ3n) is 5.65. The van der Waals surface area contributed by atoms with Gasteiger partial charge >= 0.3 is 0 Å². The first-order valence-corrected chi connectivity index (χ1v) is 9.51. The molecule has 5 nitrogen and oxygen atoms in total. The Balaban J connectivity index is 1.53. The number of rotatable bonds is 2. The highest BCUT2D eigenvalue weighted by atomic mass is 16.3. The van der Waals surface area contributed by atoms with Crippen LogP contribution in [0, 0.1) is 6.92 Å². The topological polar surface area (TPSA) is 63.4 Å². The van der Waals surface area contributed by atoms with E-state index < -0.39 is 0 Å². The normalized spacial score (nSPS) is 17.7. The van der Waals surface area contributed by atoms with Gasteiger partial charge < -0.3 is 4.42 Å². The number of oxazole rings is 1. The molecule has 1 fully saturated rings. The molecule has 2 heterocycles. The SMILES string of the molecule is Cc1ccc2nc(-c3ccc4c(c3)C(=O)N(C3CCCCC3)C4=O)oc2c1. The van der Waals surface area contributed by atoms with Crippen molar-refractivity contribution in [2.45, 2.75) is 45.1 Å². The van der Waals surface area contributed by atoms with Gasteiger partial charge in [-0.05, 0) is 55.7 Å². The molecule has 0 spiro atoms. The largest absolute Gasteiger partial charge is 0.436 e. The number of nitrogens with zero attached hydrogens (tertiary/aromatic N) is 2. The van der Waals surface area contributed by atoms with Gasteiger partial charge in [0.05, 0.1) is 11.1 Å². The number of aryl methyl sites for hydroxylation is 1. The minimum atomic E-state index is -0.185. The van der Waals surface area contributed by atoms with Crippen molar-refractivity contribution in [1.29, 1.82) is 0 Å². The molecule has 2 amide bonds. The fourth-order valence-electron chi connectivity index (χ4n) is 4.22. The van der Waals surface area contributed by atoms with Gasteiger partial charge in [-0.25, -0.2) is 4.98 Å². The van der Waals surface area contributed by atoms with Crippen molar-refractivity contribution in [2.75, 3.05) is 0 Å². The first kappa shape index (κ1) is 16.2.